The topological polar surface area (TPSA) is 55.6 Å². The predicted octanol–water partition coefficient (Wildman–Crippen LogP) is 6.01. The van der Waals surface area contributed by atoms with Gasteiger partial charge in [0.15, 0.2) is 0 Å². The Morgan fingerprint density at radius 2 is 1.84 bits per heavy atom. The van der Waals surface area contributed by atoms with E-state index < -0.39 is 0 Å². The zero-order valence-electron chi connectivity index (χ0n) is 17.7. The summed E-state index contributed by atoms with van der Waals surface area (Å²) in [7, 11) is 0. The van der Waals surface area contributed by atoms with Crippen molar-refractivity contribution >= 4 is 11.4 Å². The van der Waals surface area contributed by atoms with Gasteiger partial charge in [0.2, 0.25) is 0 Å². The highest BCUT2D eigenvalue weighted by Gasteiger charge is 2.26. The van der Waals surface area contributed by atoms with E-state index in [1.165, 1.54) is 12.5 Å². The Labute approximate surface area is 183 Å². The Kier molecular flexibility index (Phi) is 6.37. The molecule has 0 bridgehead atoms. The van der Waals surface area contributed by atoms with Crippen molar-refractivity contribution in [3.8, 4) is 17.6 Å². The highest BCUT2D eigenvalue weighted by atomic mass is 16.6. The number of nitro groups is 1. The number of hydrogen-bond acceptors (Lipinski definition) is 4. The molecule has 0 amide bonds. The lowest BCUT2D eigenvalue weighted by atomic mass is 9.97. The fraction of sp³-hybridized carbons (Fsp3) is 0.308. The van der Waals surface area contributed by atoms with Crippen LogP contribution >= 0.6 is 0 Å². The van der Waals surface area contributed by atoms with Crippen LogP contribution in [0, 0.1) is 22.0 Å². The van der Waals surface area contributed by atoms with Crippen LogP contribution in [0.4, 0.5) is 11.4 Å². The van der Waals surface area contributed by atoms with E-state index in [-0.39, 0.29) is 22.8 Å². The molecule has 5 heteroatoms. The lowest BCUT2D eigenvalue weighted by molar-refractivity contribution is -0.384. The van der Waals surface area contributed by atoms with Gasteiger partial charge in [0.1, 0.15) is 5.75 Å². The van der Waals surface area contributed by atoms with E-state index in [1.54, 1.807) is 12.1 Å². The summed E-state index contributed by atoms with van der Waals surface area (Å²) in [4.78, 5) is 13.1. The molecule has 0 radical (unpaired) electrons. The lowest BCUT2D eigenvalue weighted by Crippen LogP contribution is -2.33. The first-order valence-electron chi connectivity index (χ1n) is 10.8. The molecule has 1 fully saturated rings. The number of hydrogen-bond donors (Lipinski definition) is 0. The predicted molar refractivity (Wildman–Crippen MR) is 123 cm³/mol. The van der Waals surface area contributed by atoms with Crippen molar-refractivity contribution in [3.05, 3.63) is 88.1 Å². The summed E-state index contributed by atoms with van der Waals surface area (Å²) in [6, 6.07) is 14.8. The summed E-state index contributed by atoms with van der Waals surface area (Å²) in [6.07, 6.45) is 11.6. The molecule has 31 heavy (non-hydrogen) atoms. The summed E-state index contributed by atoms with van der Waals surface area (Å²) in [5.41, 5.74) is 2.62. The standard InChI is InChI=1S/C26H26N2O3/c1-20-9-8-12-22(16-15-21-10-4-2-5-11-21)27(20)25-18-17-23(28(29)30)19-26(25)31-24-13-6-3-7-14-24/h2,4-5,8-12,17-20,24H,3,6-7,13-14H2,1H3. The molecule has 1 unspecified atom stereocenters. The lowest BCUT2D eigenvalue weighted by Gasteiger charge is -2.33. The normalized spacial score (nSPS) is 18.7. The van der Waals surface area contributed by atoms with Crippen LogP contribution in [0.25, 0.3) is 0 Å². The third kappa shape index (κ3) is 4.97. The van der Waals surface area contributed by atoms with E-state index in [4.69, 9.17) is 4.74 Å². The minimum atomic E-state index is -0.372. The Hall–Kier alpha value is -3.52. The largest absolute Gasteiger partial charge is 0.488 e. The molecule has 4 rings (SSSR count). The zero-order chi connectivity index (χ0) is 21.6. The molecule has 5 nitrogen and oxygen atoms in total. The minimum Gasteiger partial charge on any atom is -0.488 e. The van der Waals surface area contributed by atoms with Crippen LogP contribution in [0.15, 0.2) is 72.5 Å². The number of allylic oxidation sites excluding steroid dienone is 3. The van der Waals surface area contributed by atoms with Crippen LogP contribution in [0.2, 0.25) is 0 Å². The van der Waals surface area contributed by atoms with Crippen molar-refractivity contribution in [1.82, 2.24) is 0 Å². The third-order valence-corrected chi connectivity index (χ3v) is 5.68. The van der Waals surface area contributed by atoms with Gasteiger partial charge in [0, 0.05) is 11.6 Å². The van der Waals surface area contributed by atoms with Crippen LogP contribution in [0.5, 0.6) is 5.75 Å². The second kappa shape index (κ2) is 9.53. The second-order valence-corrected chi connectivity index (χ2v) is 7.95. The zero-order valence-corrected chi connectivity index (χ0v) is 17.7. The van der Waals surface area contributed by atoms with Gasteiger partial charge in [0.05, 0.1) is 34.5 Å². The first kappa shape index (κ1) is 20.7. The highest BCUT2D eigenvalue weighted by molar-refractivity contribution is 5.70. The van der Waals surface area contributed by atoms with Gasteiger partial charge in [-0.1, -0.05) is 42.7 Å². The van der Waals surface area contributed by atoms with Crippen LogP contribution in [-0.4, -0.2) is 17.1 Å². The van der Waals surface area contributed by atoms with E-state index in [0.717, 1.165) is 42.6 Å². The molecule has 0 aromatic heterocycles. The first-order chi connectivity index (χ1) is 15.1. The summed E-state index contributed by atoms with van der Waals surface area (Å²) in [5, 5.41) is 11.4. The SMILES string of the molecule is CC1C=CC=C(C#Cc2ccccc2)N1c1ccc([N+](=O)[O-])cc1OC1CCCCC1. The van der Waals surface area contributed by atoms with Crippen molar-refractivity contribution in [2.24, 2.45) is 0 Å². The van der Waals surface area contributed by atoms with Crippen LogP contribution < -0.4 is 9.64 Å². The van der Waals surface area contributed by atoms with Crippen molar-refractivity contribution in [2.45, 2.75) is 51.2 Å². The summed E-state index contributed by atoms with van der Waals surface area (Å²) < 4.78 is 6.34. The van der Waals surface area contributed by atoms with Crippen molar-refractivity contribution in [2.75, 3.05) is 4.90 Å². The van der Waals surface area contributed by atoms with Gasteiger partial charge in [-0.15, -0.1) is 0 Å². The quantitative estimate of drug-likeness (QED) is 0.349. The van der Waals surface area contributed by atoms with Gasteiger partial charge < -0.3 is 9.64 Å². The minimum absolute atomic E-state index is 0.0377. The summed E-state index contributed by atoms with van der Waals surface area (Å²) in [6.45, 7) is 2.08. The van der Waals surface area contributed by atoms with Gasteiger partial charge >= 0.3 is 0 Å². The molecule has 2 aromatic rings. The number of ether oxygens (including phenoxy) is 1. The van der Waals surface area contributed by atoms with Crippen LogP contribution in [0.1, 0.15) is 44.6 Å². The van der Waals surface area contributed by atoms with Gasteiger partial charge in [-0.3, -0.25) is 10.1 Å². The smallest absolute Gasteiger partial charge is 0.273 e. The van der Waals surface area contributed by atoms with Gasteiger partial charge in [-0.2, -0.15) is 0 Å². The van der Waals surface area contributed by atoms with Crippen molar-refractivity contribution < 1.29 is 9.66 Å². The number of rotatable bonds is 4. The molecule has 0 spiro atoms. The van der Waals surface area contributed by atoms with Gasteiger partial charge in [0.25, 0.3) is 5.69 Å². The molecular weight excluding hydrogens is 388 g/mol. The third-order valence-electron chi connectivity index (χ3n) is 5.68. The van der Waals surface area contributed by atoms with Crippen molar-refractivity contribution in [1.29, 1.82) is 0 Å². The maximum atomic E-state index is 11.4. The molecule has 1 atom stereocenters. The molecule has 1 aliphatic carbocycles. The highest BCUT2D eigenvalue weighted by Crippen LogP contribution is 2.38. The Balaban J connectivity index is 1.71. The number of anilines is 1. The monoisotopic (exact) mass is 414 g/mol. The Morgan fingerprint density at radius 3 is 2.58 bits per heavy atom. The summed E-state index contributed by atoms with van der Waals surface area (Å²) in [5.74, 6) is 7.06. The first-order valence-corrected chi connectivity index (χ1v) is 10.8. The molecule has 158 valence electrons. The molecule has 2 aliphatic rings. The molecular formula is C26H26N2O3. The number of nitrogens with zero attached hydrogens (tertiary/aromatic N) is 2. The van der Waals surface area contributed by atoms with E-state index in [0.29, 0.717) is 5.75 Å². The summed E-state index contributed by atoms with van der Waals surface area (Å²) >= 11 is 0. The molecule has 1 aliphatic heterocycles. The van der Waals surface area contributed by atoms with Gasteiger partial charge in [-0.25, -0.2) is 0 Å². The number of nitro benzene ring substituents is 1. The molecule has 1 saturated carbocycles. The molecule has 2 aromatic carbocycles. The van der Waals surface area contributed by atoms with E-state index in [9.17, 15) is 10.1 Å². The van der Waals surface area contributed by atoms with E-state index in [2.05, 4.69) is 29.7 Å². The average Bonchev–Trinajstić information content (AvgIpc) is 2.79. The Bertz CT molecular complexity index is 1060. The fourth-order valence-corrected chi connectivity index (χ4v) is 4.07. The molecule has 1 heterocycles. The maximum absolute atomic E-state index is 11.4. The van der Waals surface area contributed by atoms with E-state index >= 15 is 0 Å². The number of benzene rings is 2. The van der Waals surface area contributed by atoms with Crippen LogP contribution in [0.3, 0.4) is 0 Å². The van der Waals surface area contributed by atoms with Crippen molar-refractivity contribution in [3.63, 3.8) is 0 Å². The van der Waals surface area contributed by atoms with Crippen LogP contribution in [-0.2, 0) is 0 Å². The Morgan fingerprint density at radius 1 is 1.06 bits per heavy atom. The molecule has 0 saturated heterocycles. The maximum Gasteiger partial charge on any atom is 0.273 e. The van der Waals surface area contributed by atoms with E-state index in [1.807, 2.05) is 42.5 Å². The van der Waals surface area contributed by atoms with Gasteiger partial charge in [-0.05, 0) is 62.8 Å². The number of non-ortho nitro benzene ring substituents is 1. The second-order valence-electron chi connectivity index (χ2n) is 7.95. The average molecular weight is 415 g/mol. The fourth-order valence-electron chi connectivity index (χ4n) is 4.07. The molecule has 0 N–H and O–H groups in total.